The zero-order chi connectivity index (χ0) is 10.7. The SMILES string of the molecule is Cc1cccc(C)c1/C=C1/CCCNC1. The van der Waals surface area contributed by atoms with Gasteiger partial charge in [0.2, 0.25) is 0 Å². The second-order valence-electron chi connectivity index (χ2n) is 4.39. The van der Waals surface area contributed by atoms with Gasteiger partial charge in [0.1, 0.15) is 0 Å². The molecule has 0 aromatic heterocycles. The van der Waals surface area contributed by atoms with E-state index in [2.05, 4.69) is 43.4 Å². The predicted octanol–water partition coefficient (Wildman–Crippen LogP) is 3.07. The van der Waals surface area contributed by atoms with Crippen molar-refractivity contribution in [1.29, 1.82) is 0 Å². The second-order valence-corrected chi connectivity index (χ2v) is 4.39. The van der Waals surface area contributed by atoms with E-state index in [0.29, 0.717) is 0 Å². The lowest BCUT2D eigenvalue weighted by molar-refractivity contribution is 0.613. The van der Waals surface area contributed by atoms with Crippen LogP contribution < -0.4 is 5.32 Å². The first kappa shape index (κ1) is 10.4. The Morgan fingerprint density at radius 1 is 1.20 bits per heavy atom. The van der Waals surface area contributed by atoms with E-state index in [1.165, 1.54) is 36.1 Å². The van der Waals surface area contributed by atoms with Gasteiger partial charge in [-0.2, -0.15) is 0 Å². The molecule has 1 aromatic rings. The van der Waals surface area contributed by atoms with Crippen molar-refractivity contribution in [2.45, 2.75) is 26.7 Å². The zero-order valence-corrected chi connectivity index (χ0v) is 9.64. The Hall–Kier alpha value is -1.08. The molecule has 1 fully saturated rings. The van der Waals surface area contributed by atoms with Crippen LogP contribution in [0.1, 0.15) is 29.5 Å². The monoisotopic (exact) mass is 201 g/mol. The average Bonchev–Trinajstić information content (AvgIpc) is 2.25. The van der Waals surface area contributed by atoms with Gasteiger partial charge in [0.25, 0.3) is 0 Å². The van der Waals surface area contributed by atoms with E-state index < -0.39 is 0 Å². The molecule has 80 valence electrons. The molecule has 0 bridgehead atoms. The van der Waals surface area contributed by atoms with Crippen LogP contribution in [0.4, 0.5) is 0 Å². The second kappa shape index (κ2) is 4.63. The molecule has 0 atom stereocenters. The molecule has 0 aliphatic carbocycles. The molecule has 1 aromatic carbocycles. The van der Waals surface area contributed by atoms with E-state index in [1.807, 2.05) is 0 Å². The summed E-state index contributed by atoms with van der Waals surface area (Å²) in [6, 6.07) is 6.51. The highest BCUT2D eigenvalue weighted by atomic mass is 14.9. The van der Waals surface area contributed by atoms with Crippen LogP contribution in [-0.4, -0.2) is 13.1 Å². The van der Waals surface area contributed by atoms with Gasteiger partial charge in [0, 0.05) is 6.54 Å². The molecule has 1 heteroatoms. The summed E-state index contributed by atoms with van der Waals surface area (Å²) in [7, 11) is 0. The number of nitrogens with one attached hydrogen (secondary N) is 1. The van der Waals surface area contributed by atoms with Gasteiger partial charge >= 0.3 is 0 Å². The van der Waals surface area contributed by atoms with Gasteiger partial charge in [-0.05, 0) is 49.9 Å². The van der Waals surface area contributed by atoms with Crippen LogP contribution in [0.5, 0.6) is 0 Å². The molecule has 1 N–H and O–H groups in total. The van der Waals surface area contributed by atoms with Crippen LogP contribution >= 0.6 is 0 Å². The molecule has 1 nitrogen and oxygen atoms in total. The molecule has 0 unspecified atom stereocenters. The Morgan fingerprint density at radius 2 is 1.93 bits per heavy atom. The Balaban J connectivity index is 2.29. The highest BCUT2D eigenvalue weighted by Crippen LogP contribution is 2.19. The van der Waals surface area contributed by atoms with Crippen molar-refractivity contribution in [2.24, 2.45) is 0 Å². The van der Waals surface area contributed by atoms with Crippen LogP contribution in [0.3, 0.4) is 0 Å². The molecule has 0 radical (unpaired) electrons. The van der Waals surface area contributed by atoms with Gasteiger partial charge in [-0.15, -0.1) is 0 Å². The molecule has 0 amide bonds. The fraction of sp³-hybridized carbons (Fsp3) is 0.429. The van der Waals surface area contributed by atoms with E-state index in [0.717, 1.165) is 6.54 Å². The lowest BCUT2D eigenvalue weighted by Gasteiger charge is -2.16. The summed E-state index contributed by atoms with van der Waals surface area (Å²) in [5, 5.41) is 3.43. The topological polar surface area (TPSA) is 12.0 Å². The number of hydrogen-bond acceptors (Lipinski definition) is 1. The maximum Gasteiger partial charge on any atom is 0.0167 e. The Bertz CT molecular complexity index is 349. The van der Waals surface area contributed by atoms with Gasteiger partial charge in [-0.3, -0.25) is 0 Å². The van der Waals surface area contributed by atoms with Crippen molar-refractivity contribution in [1.82, 2.24) is 5.32 Å². The van der Waals surface area contributed by atoms with Crippen molar-refractivity contribution in [3.63, 3.8) is 0 Å². The molecule has 1 aliphatic heterocycles. The van der Waals surface area contributed by atoms with E-state index in [9.17, 15) is 0 Å². The third-order valence-electron chi connectivity index (χ3n) is 3.09. The number of rotatable bonds is 1. The molecule has 1 saturated heterocycles. The van der Waals surface area contributed by atoms with Crippen LogP contribution in [0.25, 0.3) is 6.08 Å². The fourth-order valence-corrected chi connectivity index (χ4v) is 2.16. The molecule has 15 heavy (non-hydrogen) atoms. The standard InChI is InChI=1S/C14H19N/c1-11-5-3-6-12(2)14(11)9-13-7-4-8-15-10-13/h3,5-6,9,15H,4,7-8,10H2,1-2H3/b13-9-. The molecule has 0 spiro atoms. The molecule has 1 heterocycles. The Morgan fingerprint density at radius 3 is 2.53 bits per heavy atom. The summed E-state index contributed by atoms with van der Waals surface area (Å²) in [6.07, 6.45) is 4.90. The van der Waals surface area contributed by atoms with E-state index in [4.69, 9.17) is 0 Å². The smallest absolute Gasteiger partial charge is 0.0167 e. The van der Waals surface area contributed by atoms with Crippen molar-refractivity contribution in [2.75, 3.05) is 13.1 Å². The fourth-order valence-electron chi connectivity index (χ4n) is 2.16. The molecular weight excluding hydrogens is 182 g/mol. The molecule has 0 saturated carbocycles. The number of benzene rings is 1. The average molecular weight is 201 g/mol. The minimum Gasteiger partial charge on any atom is -0.313 e. The van der Waals surface area contributed by atoms with Gasteiger partial charge in [0.05, 0.1) is 0 Å². The van der Waals surface area contributed by atoms with Crippen LogP contribution in [0, 0.1) is 13.8 Å². The first-order valence-corrected chi connectivity index (χ1v) is 5.74. The van der Waals surface area contributed by atoms with Gasteiger partial charge in [-0.1, -0.05) is 29.8 Å². The molecule has 1 aliphatic rings. The van der Waals surface area contributed by atoms with E-state index in [-0.39, 0.29) is 0 Å². The first-order valence-electron chi connectivity index (χ1n) is 5.74. The quantitative estimate of drug-likeness (QED) is 0.736. The van der Waals surface area contributed by atoms with Gasteiger partial charge in [0.15, 0.2) is 0 Å². The normalized spacial score (nSPS) is 19.5. The third-order valence-corrected chi connectivity index (χ3v) is 3.09. The summed E-state index contributed by atoms with van der Waals surface area (Å²) >= 11 is 0. The summed E-state index contributed by atoms with van der Waals surface area (Å²) < 4.78 is 0. The minimum atomic E-state index is 1.06. The van der Waals surface area contributed by atoms with Crippen molar-refractivity contribution >= 4 is 6.08 Å². The van der Waals surface area contributed by atoms with Gasteiger partial charge < -0.3 is 5.32 Å². The molecular formula is C14H19N. The highest BCUT2D eigenvalue weighted by molar-refractivity contribution is 5.60. The zero-order valence-electron chi connectivity index (χ0n) is 9.64. The minimum absolute atomic E-state index is 1.06. The van der Waals surface area contributed by atoms with E-state index >= 15 is 0 Å². The molecule has 2 rings (SSSR count). The van der Waals surface area contributed by atoms with Crippen molar-refractivity contribution < 1.29 is 0 Å². The van der Waals surface area contributed by atoms with Gasteiger partial charge in [-0.25, -0.2) is 0 Å². The lowest BCUT2D eigenvalue weighted by Crippen LogP contribution is -2.23. The van der Waals surface area contributed by atoms with Crippen LogP contribution in [0.15, 0.2) is 23.8 Å². The largest absolute Gasteiger partial charge is 0.313 e. The van der Waals surface area contributed by atoms with Crippen molar-refractivity contribution in [3.8, 4) is 0 Å². The summed E-state index contributed by atoms with van der Waals surface area (Å²) in [5.74, 6) is 0. The first-order chi connectivity index (χ1) is 7.27. The third kappa shape index (κ3) is 2.48. The number of aryl methyl sites for hydroxylation is 2. The maximum absolute atomic E-state index is 3.43. The van der Waals surface area contributed by atoms with E-state index in [1.54, 1.807) is 5.57 Å². The number of piperidine rings is 1. The lowest BCUT2D eigenvalue weighted by atomic mass is 9.97. The summed E-state index contributed by atoms with van der Waals surface area (Å²) in [5.41, 5.74) is 5.72. The highest BCUT2D eigenvalue weighted by Gasteiger charge is 2.06. The number of hydrogen-bond donors (Lipinski definition) is 1. The Kier molecular flexibility index (Phi) is 3.22. The van der Waals surface area contributed by atoms with Crippen LogP contribution in [0.2, 0.25) is 0 Å². The van der Waals surface area contributed by atoms with Crippen LogP contribution in [-0.2, 0) is 0 Å². The summed E-state index contributed by atoms with van der Waals surface area (Å²) in [4.78, 5) is 0. The Labute approximate surface area is 92.2 Å². The predicted molar refractivity (Wildman–Crippen MR) is 66.0 cm³/mol. The maximum atomic E-state index is 3.43. The summed E-state index contributed by atoms with van der Waals surface area (Å²) in [6.45, 7) is 6.61. The van der Waals surface area contributed by atoms with Crippen molar-refractivity contribution in [3.05, 3.63) is 40.5 Å².